The molecule has 0 spiro atoms. The van der Waals surface area contributed by atoms with Gasteiger partial charge < -0.3 is 10.1 Å². The van der Waals surface area contributed by atoms with Crippen LogP contribution in [0.5, 0.6) is 5.88 Å². The van der Waals surface area contributed by atoms with Crippen LogP contribution in [-0.2, 0) is 0 Å². The summed E-state index contributed by atoms with van der Waals surface area (Å²) >= 11 is 0. The fourth-order valence-corrected chi connectivity index (χ4v) is 2.90. The first-order valence-corrected chi connectivity index (χ1v) is 7.55. The Morgan fingerprint density at radius 2 is 2.05 bits per heavy atom. The molecule has 1 aromatic rings. The lowest BCUT2D eigenvalue weighted by atomic mass is 9.79. The van der Waals surface area contributed by atoms with Gasteiger partial charge in [-0.2, -0.15) is 0 Å². The Bertz CT molecular complexity index is 384. The number of anilines is 1. The first-order chi connectivity index (χ1) is 9.20. The molecule has 1 fully saturated rings. The molecule has 0 amide bonds. The van der Waals surface area contributed by atoms with Crippen molar-refractivity contribution in [1.29, 1.82) is 0 Å². The quantitative estimate of drug-likeness (QED) is 0.867. The summed E-state index contributed by atoms with van der Waals surface area (Å²) < 4.78 is 5.56. The summed E-state index contributed by atoms with van der Waals surface area (Å²) in [6, 6.07) is 4.59. The maximum atomic E-state index is 5.56. The van der Waals surface area contributed by atoms with Gasteiger partial charge in [0.2, 0.25) is 5.88 Å². The van der Waals surface area contributed by atoms with Gasteiger partial charge in [-0.25, -0.2) is 4.98 Å². The van der Waals surface area contributed by atoms with E-state index in [9.17, 15) is 0 Å². The molecular weight excluding hydrogens is 236 g/mol. The zero-order valence-corrected chi connectivity index (χ0v) is 12.4. The first kappa shape index (κ1) is 14.2. The molecule has 1 heterocycles. The molecule has 3 nitrogen and oxygen atoms in total. The summed E-state index contributed by atoms with van der Waals surface area (Å²) in [7, 11) is 0. The molecule has 106 valence electrons. The Balaban J connectivity index is 1.92. The number of hydrogen-bond donors (Lipinski definition) is 1. The highest BCUT2D eigenvalue weighted by molar-refractivity contribution is 5.52. The second kappa shape index (κ2) is 6.78. The van der Waals surface area contributed by atoms with Crippen molar-refractivity contribution in [1.82, 2.24) is 4.98 Å². The Hall–Kier alpha value is -1.25. The van der Waals surface area contributed by atoms with Crippen molar-refractivity contribution in [2.24, 2.45) is 11.8 Å². The van der Waals surface area contributed by atoms with Crippen LogP contribution in [0, 0.1) is 11.8 Å². The molecule has 0 aliphatic heterocycles. The number of nitrogens with one attached hydrogen (secondary N) is 1. The Morgan fingerprint density at radius 1 is 1.32 bits per heavy atom. The van der Waals surface area contributed by atoms with Crippen LogP contribution in [-0.4, -0.2) is 17.6 Å². The highest BCUT2D eigenvalue weighted by atomic mass is 16.5. The van der Waals surface area contributed by atoms with Crippen molar-refractivity contribution < 1.29 is 4.74 Å². The minimum atomic E-state index is 0.568. The summed E-state index contributed by atoms with van der Waals surface area (Å²) in [5.41, 5.74) is 1.04. The van der Waals surface area contributed by atoms with E-state index in [1.54, 1.807) is 6.20 Å². The number of pyridine rings is 1. The average Bonchev–Trinajstić information content (AvgIpc) is 2.42. The number of ether oxygens (including phenoxy) is 1. The van der Waals surface area contributed by atoms with Crippen molar-refractivity contribution >= 4 is 5.69 Å². The van der Waals surface area contributed by atoms with Gasteiger partial charge in [-0.1, -0.05) is 13.8 Å². The van der Waals surface area contributed by atoms with E-state index in [0.29, 0.717) is 12.6 Å². The zero-order chi connectivity index (χ0) is 13.7. The van der Waals surface area contributed by atoms with Crippen LogP contribution in [0.2, 0.25) is 0 Å². The summed E-state index contributed by atoms with van der Waals surface area (Å²) in [5.74, 6) is 2.45. The minimum Gasteiger partial charge on any atom is -0.476 e. The summed E-state index contributed by atoms with van der Waals surface area (Å²) in [5, 5.41) is 3.61. The summed E-state index contributed by atoms with van der Waals surface area (Å²) in [6.07, 6.45) is 6.96. The third-order valence-corrected chi connectivity index (χ3v) is 4.13. The van der Waals surface area contributed by atoms with Gasteiger partial charge >= 0.3 is 0 Å². The lowest BCUT2D eigenvalue weighted by molar-refractivity contribution is 0.266. The second-order valence-corrected chi connectivity index (χ2v) is 5.79. The van der Waals surface area contributed by atoms with Crippen LogP contribution in [0.15, 0.2) is 18.3 Å². The normalized spacial score (nSPS) is 23.4. The number of hydrogen-bond acceptors (Lipinski definition) is 3. The van der Waals surface area contributed by atoms with Gasteiger partial charge in [0.05, 0.1) is 12.3 Å². The van der Waals surface area contributed by atoms with Crippen LogP contribution in [0.3, 0.4) is 0 Å². The van der Waals surface area contributed by atoms with Gasteiger partial charge in [-0.15, -0.1) is 0 Å². The number of rotatable bonds is 5. The molecule has 2 rings (SSSR count). The van der Waals surface area contributed by atoms with E-state index in [1.807, 2.05) is 13.0 Å². The number of aromatic nitrogens is 1. The molecule has 0 unspecified atom stereocenters. The predicted octanol–water partition coefficient (Wildman–Crippen LogP) is 4.11. The molecule has 0 radical (unpaired) electrons. The van der Waals surface area contributed by atoms with Crippen LogP contribution >= 0.6 is 0 Å². The third-order valence-electron chi connectivity index (χ3n) is 4.13. The number of nitrogens with zero attached hydrogens (tertiary/aromatic N) is 1. The molecule has 1 aliphatic carbocycles. The van der Waals surface area contributed by atoms with Crippen LogP contribution in [0.25, 0.3) is 0 Å². The van der Waals surface area contributed by atoms with E-state index in [0.717, 1.165) is 23.4 Å². The Labute approximate surface area is 116 Å². The maximum Gasteiger partial charge on any atom is 0.237 e. The molecule has 0 saturated heterocycles. The average molecular weight is 262 g/mol. The van der Waals surface area contributed by atoms with Crippen molar-refractivity contribution in [3.8, 4) is 5.88 Å². The van der Waals surface area contributed by atoms with Gasteiger partial charge in [-0.05, 0) is 56.6 Å². The zero-order valence-electron chi connectivity index (χ0n) is 12.4. The standard InChI is InChI=1S/C16H26N2O/c1-4-19-16-15(6-5-11-17-16)18-14-9-7-13(8-10-14)12(2)3/h5-6,11-14,18H,4,7-10H2,1-3H3. The molecule has 1 saturated carbocycles. The SMILES string of the molecule is CCOc1ncccc1NC1CCC(C(C)C)CC1. The van der Waals surface area contributed by atoms with E-state index in [1.165, 1.54) is 25.7 Å². The van der Waals surface area contributed by atoms with Crippen LogP contribution < -0.4 is 10.1 Å². The maximum absolute atomic E-state index is 5.56. The second-order valence-electron chi connectivity index (χ2n) is 5.79. The van der Waals surface area contributed by atoms with E-state index in [2.05, 4.69) is 30.2 Å². The molecule has 19 heavy (non-hydrogen) atoms. The van der Waals surface area contributed by atoms with Gasteiger partial charge in [0, 0.05) is 12.2 Å². The molecule has 1 aliphatic rings. The molecule has 0 bridgehead atoms. The fraction of sp³-hybridized carbons (Fsp3) is 0.688. The molecular formula is C16H26N2O. The van der Waals surface area contributed by atoms with E-state index in [-0.39, 0.29) is 0 Å². The van der Waals surface area contributed by atoms with E-state index in [4.69, 9.17) is 4.74 Å². The molecule has 0 atom stereocenters. The lowest BCUT2D eigenvalue weighted by Gasteiger charge is -2.32. The highest BCUT2D eigenvalue weighted by Gasteiger charge is 2.23. The molecule has 1 N–H and O–H groups in total. The van der Waals surface area contributed by atoms with E-state index >= 15 is 0 Å². The lowest BCUT2D eigenvalue weighted by Crippen LogP contribution is -2.28. The Morgan fingerprint density at radius 3 is 2.68 bits per heavy atom. The monoisotopic (exact) mass is 262 g/mol. The third kappa shape index (κ3) is 3.85. The van der Waals surface area contributed by atoms with Gasteiger partial charge in [0.25, 0.3) is 0 Å². The summed E-state index contributed by atoms with van der Waals surface area (Å²) in [4.78, 5) is 4.29. The van der Waals surface area contributed by atoms with Crippen LogP contribution in [0.4, 0.5) is 5.69 Å². The van der Waals surface area contributed by atoms with Crippen molar-refractivity contribution in [2.75, 3.05) is 11.9 Å². The van der Waals surface area contributed by atoms with Gasteiger partial charge in [0.15, 0.2) is 0 Å². The van der Waals surface area contributed by atoms with Gasteiger partial charge in [-0.3, -0.25) is 0 Å². The Kier molecular flexibility index (Phi) is 5.06. The van der Waals surface area contributed by atoms with Crippen molar-refractivity contribution in [2.45, 2.75) is 52.5 Å². The van der Waals surface area contributed by atoms with Crippen molar-refractivity contribution in [3.63, 3.8) is 0 Å². The molecule has 0 aromatic carbocycles. The van der Waals surface area contributed by atoms with Gasteiger partial charge in [0.1, 0.15) is 0 Å². The summed E-state index contributed by atoms with van der Waals surface area (Å²) in [6.45, 7) is 7.33. The minimum absolute atomic E-state index is 0.568. The highest BCUT2D eigenvalue weighted by Crippen LogP contribution is 2.32. The van der Waals surface area contributed by atoms with Crippen LogP contribution in [0.1, 0.15) is 46.5 Å². The van der Waals surface area contributed by atoms with E-state index < -0.39 is 0 Å². The molecule has 3 heteroatoms. The topological polar surface area (TPSA) is 34.1 Å². The predicted molar refractivity (Wildman–Crippen MR) is 79.6 cm³/mol. The fourth-order valence-electron chi connectivity index (χ4n) is 2.90. The van der Waals surface area contributed by atoms with Crippen molar-refractivity contribution in [3.05, 3.63) is 18.3 Å². The first-order valence-electron chi connectivity index (χ1n) is 7.55. The largest absolute Gasteiger partial charge is 0.476 e. The molecule has 1 aromatic heterocycles. The smallest absolute Gasteiger partial charge is 0.237 e.